The molecule has 4 rings (SSSR count). The number of carboxylic acid groups (broad SMARTS) is 1. The molecule has 0 bridgehead atoms. The highest BCUT2D eigenvalue weighted by molar-refractivity contribution is 8.25. The van der Waals surface area contributed by atoms with Crippen LogP contribution in [0.15, 0.2) is 47.3 Å². The summed E-state index contributed by atoms with van der Waals surface area (Å²) in [5.41, 5.74) is 4.82. The molecule has 1 atom stereocenters. The Kier molecular flexibility index (Phi) is 5.32. The predicted molar refractivity (Wildman–Crippen MR) is 116 cm³/mol. The van der Waals surface area contributed by atoms with Crippen LogP contribution in [0.25, 0.3) is 21.7 Å². The van der Waals surface area contributed by atoms with Crippen LogP contribution < -0.4 is 0 Å². The van der Waals surface area contributed by atoms with Gasteiger partial charge in [0.25, 0.3) is 0 Å². The molecular weight excluding hydrogens is 414 g/mol. The lowest BCUT2D eigenvalue weighted by atomic mass is 9.95. The van der Waals surface area contributed by atoms with Gasteiger partial charge in [-0.2, -0.15) is 10.6 Å². The van der Waals surface area contributed by atoms with Crippen LogP contribution in [0, 0.1) is 0 Å². The first-order chi connectivity index (χ1) is 13.4. The smallest absolute Gasteiger partial charge is 0.305 e. The molecule has 0 spiro atoms. The van der Waals surface area contributed by atoms with Crippen LogP contribution >= 0.6 is 33.3 Å². The van der Waals surface area contributed by atoms with Crippen molar-refractivity contribution < 1.29 is 19.0 Å². The standard InChI is InChI=1S/C20H21NO4S3/c22-19(23)11-20(9-1-2-10-28(20,24)25)18-8-7-17(27-18)15-5-3-14(4-6-15)16-12-26-13-21-16/h3-8,12-13,24-25H,1-2,9-11H2,(H,22,23)/t20-/m0/s1. The first-order valence-corrected chi connectivity index (χ1v) is 12.5. The number of aromatic nitrogens is 1. The second kappa shape index (κ2) is 7.61. The maximum absolute atomic E-state index is 11.6. The van der Waals surface area contributed by atoms with Crippen molar-refractivity contribution in [1.29, 1.82) is 0 Å². The summed E-state index contributed by atoms with van der Waals surface area (Å²) in [4.78, 5) is 17.6. The van der Waals surface area contributed by atoms with E-state index in [-0.39, 0.29) is 12.2 Å². The number of nitrogens with zero attached hydrogens (tertiary/aromatic N) is 1. The molecule has 0 aliphatic carbocycles. The van der Waals surface area contributed by atoms with E-state index in [1.807, 2.05) is 41.8 Å². The van der Waals surface area contributed by atoms with E-state index >= 15 is 0 Å². The number of rotatable bonds is 5. The van der Waals surface area contributed by atoms with Crippen molar-refractivity contribution in [3.8, 4) is 21.7 Å². The number of carbonyl (C=O) groups is 1. The van der Waals surface area contributed by atoms with Crippen molar-refractivity contribution in [2.45, 2.75) is 30.4 Å². The highest BCUT2D eigenvalue weighted by Gasteiger charge is 2.49. The van der Waals surface area contributed by atoms with Crippen LogP contribution in [0.1, 0.15) is 30.6 Å². The van der Waals surface area contributed by atoms with Crippen molar-refractivity contribution in [2.75, 3.05) is 5.75 Å². The number of benzene rings is 1. The first kappa shape index (κ1) is 19.6. The van der Waals surface area contributed by atoms with E-state index in [1.165, 1.54) is 11.3 Å². The topological polar surface area (TPSA) is 90.7 Å². The average Bonchev–Trinajstić information content (AvgIpc) is 3.35. The van der Waals surface area contributed by atoms with Crippen LogP contribution in [0.4, 0.5) is 0 Å². The lowest BCUT2D eigenvalue weighted by Crippen LogP contribution is -2.38. The molecule has 28 heavy (non-hydrogen) atoms. The van der Waals surface area contributed by atoms with E-state index in [0.717, 1.165) is 39.4 Å². The van der Waals surface area contributed by atoms with Crippen molar-refractivity contribution in [2.24, 2.45) is 0 Å². The van der Waals surface area contributed by atoms with Crippen LogP contribution in [0.2, 0.25) is 0 Å². The lowest BCUT2D eigenvalue weighted by molar-refractivity contribution is -0.138. The molecule has 1 saturated heterocycles. The Balaban J connectivity index is 1.68. The second-order valence-corrected chi connectivity index (χ2v) is 11.3. The van der Waals surface area contributed by atoms with Crippen LogP contribution in [-0.4, -0.2) is 30.9 Å². The normalized spacial score (nSPS) is 22.6. The summed E-state index contributed by atoms with van der Waals surface area (Å²) in [6.07, 6.45) is 1.77. The molecule has 3 aromatic rings. The van der Waals surface area contributed by atoms with Gasteiger partial charge in [-0.05, 0) is 37.0 Å². The van der Waals surface area contributed by atoms with E-state index in [2.05, 4.69) is 4.98 Å². The fraction of sp³-hybridized carbons (Fsp3) is 0.300. The van der Waals surface area contributed by atoms with Crippen molar-refractivity contribution in [3.05, 3.63) is 52.2 Å². The summed E-state index contributed by atoms with van der Waals surface area (Å²) in [5.74, 6) is -0.722. The van der Waals surface area contributed by atoms with Gasteiger partial charge in [0, 0.05) is 26.5 Å². The van der Waals surface area contributed by atoms with Gasteiger partial charge in [-0.1, -0.05) is 24.3 Å². The van der Waals surface area contributed by atoms with E-state index in [0.29, 0.717) is 6.42 Å². The zero-order valence-corrected chi connectivity index (χ0v) is 17.5. The molecule has 1 aliphatic rings. The van der Waals surface area contributed by atoms with E-state index in [1.54, 1.807) is 16.8 Å². The van der Waals surface area contributed by atoms with Gasteiger partial charge in [0.15, 0.2) is 0 Å². The molecule has 8 heteroatoms. The molecule has 0 radical (unpaired) electrons. The quantitative estimate of drug-likeness (QED) is 0.447. The number of thiazole rings is 1. The second-order valence-electron chi connectivity index (χ2n) is 7.01. The average molecular weight is 436 g/mol. The third-order valence-corrected chi connectivity index (χ3v) is 10.0. The van der Waals surface area contributed by atoms with Crippen LogP contribution in [0.5, 0.6) is 0 Å². The third kappa shape index (κ3) is 3.51. The van der Waals surface area contributed by atoms with Crippen molar-refractivity contribution in [1.82, 2.24) is 4.98 Å². The molecule has 1 aromatic carbocycles. The molecule has 3 heterocycles. The zero-order chi connectivity index (χ0) is 19.8. The fourth-order valence-corrected chi connectivity index (χ4v) is 8.21. The number of aliphatic carboxylic acids is 1. The van der Waals surface area contributed by atoms with Crippen LogP contribution in [0.3, 0.4) is 0 Å². The molecule has 5 nitrogen and oxygen atoms in total. The van der Waals surface area contributed by atoms with Gasteiger partial charge in [-0.3, -0.25) is 13.9 Å². The van der Waals surface area contributed by atoms with Gasteiger partial charge in [-0.15, -0.1) is 22.7 Å². The highest BCUT2D eigenvalue weighted by atomic mass is 32.3. The Bertz CT molecular complexity index is 966. The largest absolute Gasteiger partial charge is 0.481 e. The van der Waals surface area contributed by atoms with Crippen molar-refractivity contribution >= 4 is 39.2 Å². The molecule has 1 aliphatic heterocycles. The van der Waals surface area contributed by atoms with E-state index in [4.69, 9.17) is 0 Å². The molecule has 1 fully saturated rings. The minimum absolute atomic E-state index is 0.252. The summed E-state index contributed by atoms with van der Waals surface area (Å²) >= 11 is 3.02. The molecule has 0 amide bonds. The SMILES string of the molecule is O=C(O)C[C@]1(c2ccc(-c3ccc(-c4cscn4)cc3)s2)CCCCS1(O)O. The highest BCUT2D eigenvalue weighted by Crippen LogP contribution is 2.66. The summed E-state index contributed by atoms with van der Waals surface area (Å²) in [6, 6.07) is 11.9. The monoisotopic (exact) mass is 435 g/mol. The van der Waals surface area contributed by atoms with Crippen molar-refractivity contribution in [3.63, 3.8) is 0 Å². The fourth-order valence-electron chi connectivity index (χ4n) is 3.79. The molecule has 148 valence electrons. The van der Waals surface area contributed by atoms with Gasteiger partial charge in [0.1, 0.15) is 4.75 Å². The Hall–Kier alpha value is -1.71. The summed E-state index contributed by atoms with van der Waals surface area (Å²) in [5, 5.41) is 11.5. The van der Waals surface area contributed by atoms with Gasteiger partial charge < -0.3 is 5.11 Å². The number of hydrogen-bond donors (Lipinski definition) is 3. The summed E-state index contributed by atoms with van der Waals surface area (Å²) < 4.78 is 20.5. The molecule has 0 unspecified atom stereocenters. The van der Waals surface area contributed by atoms with Gasteiger partial charge in [0.2, 0.25) is 0 Å². The minimum Gasteiger partial charge on any atom is -0.481 e. The molecule has 0 saturated carbocycles. The maximum atomic E-state index is 11.6. The van der Waals surface area contributed by atoms with Gasteiger partial charge in [-0.25, -0.2) is 4.98 Å². The summed E-state index contributed by atoms with van der Waals surface area (Å²) in [6.45, 7) is 0. The Morgan fingerprint density at radius 3 is 2.50 bits per heavy atom. The first-order valence-electron chi connectivity index (χ1n) is 8.98. The van der Waals surface area contributed by atoms with Crippen LogP contribution in [-0.2, 0) is 9.54 Å². The zero-order valence-electron chi connectivity index (χ0n) is 15.1. The predicted octanol–water partition coefficient (Wildman–Crippen LogP) is 6.14. The molecule has 2 aromatic heterocycles. The molecular formula is C20H21NO4S3. The number of hydrogen-bond acceptors (Lipinski definition) is 6. The number of thiophene rings is 1. The Labute approximate surface area is 173 Å². The number of carboxylic acids is 1. The third-order valence-electron chi connectivity index (χ3n) is 5.27. The minimum atomic E-state index is -3.02. The molecule has 3 N–H and O–H groups in total. The summed E-state index contributed by atoms with van der Waals surface area (Å²) in [7, 11) is -3.02. The van der Waals surface area contributed by atoms with Gasteiger partial charge in [0.05, 0.1) is 17.6 Å². The van der Waals surface area contributed by atoms with Gasteiger partial charge >= 0.3 is 5.97 Å². The Morgan fingerprint density at radius 1 is 1.11 bits per heavy atom. The van der Waals surface area contributed by atoms with E-state index < -0.39 is 21.3 Å². The maximum Gasteiger partial charge on any atom is 0.305 e. The van der Waals surface area contributed by atoms with E-state index in [9.17, 15) is 19.0 Å². The Morgan fingerprint density at radius 2 is 1.86 bits per heavy atom. The lowest BCUT2D eigenvalue weighted by Gasteiger charge is -2.52.